The fourth-order valence-corrected chi connectivity index (χ4v) is 3.27. The summed E-state index contributed by atoms with van der Waals surface area (Å²) in [5.74, 6) is -0.0981. The molecule has 156 valence electrons. The summed E-state index contributed by atoms with van der Waals surface area (Å²) in [6, 6.07) is 3.58. The molecule has 6 nitrogen and oxygen atoms in total. The second kappa shape index (κ2) is 9.23. The summed E-state index contributed by atoms with van der Waals surface area (Å²) >= 11 is 0. The van der Waals surface area contributed by atoms with E-state index in [1.807, 2.05) is 20.8 Å². The monoisotopic (exact) mass is 508 g/mol. The Bertz CT molecular complexity index is 739. The number of aliphatic imine (C=N–C) groups is 1. The molecule has 0 saturated carbocycles. The van der Waals surface area contributed by atoms with Gasteiger partial charge in [-0.05, 0) is 51.0 Å². The number of ether oxygens (including phenoxy) is 1. The van der Waals surface area contributed by atoms with Gasteiger partial charge in [-0.1, -0.05) is 0 Å². The first kappa shape index (κ1) is 22.6. The van der Waals surface area contributed by atoms with Gasteiger partial charge in [-0.25, -0.2) is 13.6 Å². The third-order valence-corrected chi connectivity index (χ3v) is 4.54. The lowest BCUT2D eigenvalue weighted by atomic mass is 10.1. The van der Waals surface area contributed by atoms with Gasteiger partial charge in [-0.2, -0.15) is 0 Å². The minimum absolute atomic E-state index is 0. The number of piperazine rings is 1. The van der Waals surface area contributed by atoms with E-state index in [1.54, 1.807) is 4.90 Å². The van der Waals surface area contributed by atoms with E-state index in [4.69, 9.17) is 4.74 Å². The van der Waals surface area contributed by atoms with E-state index in [0.717, 1.165) is 18.1 Å². The zero-order chi connectivity index (χ0) is 19.6. The molecule has 1 fully saturated rings. The standard InChI is InChI=1S/C19H26F2N4O2.HI/c1-19(2,3)27-18(26)24-8-9-25-15(12-24)11-23-17(25)22-7-6-13-10-14(20)4-5-16(13)21;/h4-5,10,15H,6-9,11-12H2,1-3H3,(H,22,23);1H. The van der Waals surface area contributed by atoms with Crippen LogP contribution in [0.15, 0.2) is 23.2 Å². The van der Waals surface area contributed by atoms with Gasteiger partial charge in [0.15, 0.2) is 5.96 Å². The Hall–Kier alpha value is -1.65. The molecule has 2 heterocycles. The normalized spacial score (nSPS) is 18.9. The number of hydrogen-bond acceptors (Lipinski definition) is 5. The number of rotatable bonds is 3. The number of carbonyl (C=O) groups is 1. The highest BCUT2D eigenvalue weighted by Crippen LogP contribution is 2.18. The Morgan fingerprint density at radius 1 is 1.32 bits per heavy atom. The summed E-state index contributed by atoms with van der Waals surface area (Å²) < 4.78 is 32.4. The molecule has 1 saturated heterocycles. The van der Waals surface area contributed by atoms with Crippen molar-refractivity contribution >= 4 is 36.0 Å². The van der Waals surface area contributed by atoms with E-state index in [2.05, 4.69) is 15.2 Å². The highest BCUT2D eigenvalue weighted by Gasteiger charge is 2.36. The first-order valence-corrected chi connectivity index (χ1v) is 9.20. The van der Waals surface area contributed by atoms with E-state index < -0.39 is 17.2 Å². The van der Waals surface area contributed by atoms with Crippen LogP contribution >= 0.6 is 24.0 Å². The molecule has 1 aromatic rings. The zero-order valence-corrected chi connectivity index (χ0v) is 18.7. The maximum atomic E-state index is 13.7. The van der Waals surface area contributed by atoms with Gasteiger partial charge < -0.3 is 19.9 Å². The van der Waals surface area contributed by atoms with Gasteiger partial charge in [0.25, 0.3) is 0 Å². The number of fused-ring (bicyclic) bond motifs is 1. The molecular weight excluding hydrogens is 481 g/mol. The predicted molar refractivity (Wildman–Crippen MR) is 114 cm³/mol. The topological polar surface area (TPSA) is 57.2 Å². The maximum absolute atomic E-state index is 13.7. The number of carbonyl (C=O) groups excluding carboxylic acids is 1. The van der Waals surface area contributed by atoms with Crippen molar-refractivity contribution in [3.05, 3.63) is 35.4 Å². The van der Waals surface area contributed by atoms with Gasteiger partial charge in [-0.3, -0.25) is 4.99 Å². The van der Waals surface area contributed by atoms with Crippen LogP contribution in [0.2, 0.25) is 0 Å². The molecule has 0 bridgehead atoms. The predicted octanol–water partition coefficient (Wildman–Crippen LogP) is 3.01. The van der Waals surface area contributed by atoms with Crippen molar-refractivity contribution in [3.63, 3.8) is 0 Å². The average molecular weight is 508 g/mol. The molecule has 2 aliphatic heterocycles. The van der Waals surface area contributed by atoms with Crippen molar-refractivity contribution in [2.75, 3.05) is 32.7 Å². The summed E-state index contributed by atoms with van der Waals surface area (Å²) in [6.07, 6.45) is 0.0654. The van der Waals surface area contributed by atoms with Gasteiger partial charge in [-0.15, -0.1) is 24.0 Å². The van der Waals surface area contributed by atoms with Gasteiger partial charge in [0.2, 0.25) is 0 Å². The molecular formula is C19H27F2IN4O2. The number of hydrogen-bond donors (Lipinski definition) is 1. The number of nitrogens with zero attached hydrogens (tertiary/aromatic N) is 3. The van der Waals surface area contributed by atoms with Crippen molar-refractivity contribution in [2.45, 2.75) is 38.8 Å². The van der Waals surface area contributed by atoms with Crippen LogP contribution in [-0.4, -0.2) is 66.2 Å². The van der Waals surface area contributed by atoms with Crippen molar-refractivity contribution in [1.29, 1.82) is 0 Å². The molecule has 1 N–H and O–H groups in total. The lowest BCUT2D eigenvalue weighted by Gasteiger charge is -2.39. The summed E-state index contributed by atoms with van der Waals surface area (Å²) in [5, 5.41) is 3.21. The molecule has 3 rings (SSSR count). The lowest BCUT2D eigenvalue weighted by Crippen LogP contribution is -2.57. The SMILES string of the molecule is CC(C)(C)OC(=O)N1CCN2C(NCCc3cc(F)ccc3F)=NCC2C1.I. The van der Waals surface area contributed by atoms with Crippen LogP contribution in [0.25, 0.3) is 0 Å². The third kappa shape index (κ3) is 5.68. The Morgan fingerprint density at radius 2 is 2.07 bits per heavy atom. The van der Waals surface area contributed by atoms with Crippen molar-refractivity contribution < 1.29 is 18.3 Å². The van der Waals surface area contributed by atoms with Crippen LogP contribution in [0.1, 0.15) is 26.3 Å². The highest BCUT2D eigenvalue weighted by atomic mass is 127. The Balaban J connectivity index is 0.00000280. The molecule has 1 atom stereocenters. The Kier molecular flexibility index (Phi) is 7.46. The fraction of sp³-hybridized carbons (Fsp3) is 0.579. The number of guanidine groups is 1. The van der Waals surface area contributed by atoms with Crippen LogP contribution in [-0.2, 0) is 11.2 Å². The van der Waals surface area contributed by atoms with E-state index >= 15 is 0 Å². The van der Waals surface area contributed by atoms with Crippen molar-refractivity contribution in [2.24, 2.45) is 4.99 Å². The van der Waals surface area contributed by atoms with Gasteiger partial charge in [0.05, 0.1) is 12.6 Å². The van der Waals surface area contributed by atoms with E-state index in [9.17, 15) is 13.6 Å². The summed E-state index contributed by atoms with van der Waals surface area (Å²) in [5.41, 5.74) is -0.174. The minimum Gasteiger partial charge on any atom is -0.444 e. The smallest absolute Gasteiger partial charge is 0.410 e. The van der Waals surface area contributed by atoms with Crippen LogP contribution < -0.4 is 5.32 Å². The van der Waals surface area contributed by atoms with Crippen molar-refractivity contribution in [3.8, 4) is 0 Å². The molecule has 0 aliphatic carbocycles. The van der Waals surface area contributed by atoms with Crippen molar-refractivity contribution in [1.82, 2.24) is 15.1 Å². The van der Waals surface area contributed by atoms with Gasteiger partial charge in [0.1, 0.15) is 17.2 Å². The highest BCUT2D eigenvalue weighted by molar-refractivity contribution is 14.0. The molecule has 0 radical (unpaired) electrons. The molecule has 0 spiro atoms. The molecule has 28 heavy (non-hydrogen) atoms. The Morgan fingerprint density at radius 3 is 2.79 bits per heavy atom. The largest absolute Gasteiger partial charge is 0.444 e. The van der Waals surface area contributed by atoms with Gasteiger partial charge >= 0.3 is 6.09 Å². The van der Waals surface area contributed by atoms with E-state index in [0.29, 0.717) is 44.7 Å². The average Bonchev–Trinajstić information content (AvgIpc) is 2.99. The van der Waals surface area contributed by atoms with Gasteiger partial charge in [0, 0.05) is 26.2 Å². The number of benzene rings is 1. The molecule has 0 aromatic heterocycles. The second-order valence-electron chi connectivity index (χ2n) is 7.85. The fourth-order valence-electron chi connectivity index (χ4n) is 3.27. The summed E-state index contributed by atoms with van der Waals surface area (Å²) in [7, 11) is 0. The second-order valence-corrected chi connectivity index (χ2v) is 7.85. The van der Waals surface area contributed by atoms with Crippen LogP contribution in [0.5, 0.6) is 0 Å². The first-order chi connectivity index (χ1) is 12.7. The molecule has 1 unspecified atom stereocenters. The van der Waals surface area contributed by atoms with Crippen LogP contribution in [0.4, 0.5) is 13.6 Å². The lowest BCUT2D eigenvalue weighted by molar-refractivity contribution is 0.0137. The van der Waals surface area contributed by atoms with E-state index in [1.165, 1.54) is 6.07 Å². The quantitative estimate of drug-likeness (QED) is 0.639. The number of nitrogens with one attached hydrogen (secondary N) is 1. The number of halogens is 3. The Labute approximate surface area is 181 Å². The summed E-state index contributed by atoms with van der Waals surface area (Å²) in [6.45, 7) is 8.38. The van der Waals surface area contributed by atoms with Crippen LogP contribution in [0.3, 0.4) is 0 Å². The summed E-state index contributed by atoms with van der Waals surface area (Å²) in [4.78, 5) is 20.6. The molecule has 2 aliphatic rings. The van der Waals surface area contributed by atoms with Crippen LogP contribution in [0, 0.1) is 11.6 Å². The van der Waals surface area contributed by atoms with E-state index in [-0.39, 0.29) is 36.1 Å². The zero-order valence-electron chi connectivity index (χ0n) is 16.4. The first-order valence-electron chi connectivity index (χ1n) is 9.20. The molecule has 1 aromatic carbocycles. The number of amides is 1. The molecule has 9 heteroatoms. The third-order valence-electron chi connectivity index (χ3n) is 4.54. The maximum Gasteiger partial charge on any atom is 0.410 e. The minimum atomic E-state index is -0.515. The molecule has 1 amide bonds.